The number of carbonyl (C=O) groups excluding carboxylic acids is 3. The summed E-state index contributed by atoms with van der Waals surface area (Å²) in [5.41, 5.74) is 2.28. The number of ketones is 1. The number of ether oxygens (including phenoxy) is 1. The smallest absolute Gasteiger partial charge is 0.258 e. The van der Waals surface area contributed by atoms with E-state index < -0.39 is 0 Å². The molecule has 0 spiro atoms. The zero-order valence-electron chi connectivity index (χ0n) is 16.5. The highest BCUT2D eigenvalue weighted by molar-refractivity contribution is 5.95. The molecular weight excluding hydrogens is 356 g/mol. The van der Waals surface area contributed by atoms with E-state index in [1.807, 2.05) is 26.0 Å². The van der Waals surface area contributed by atoms with Crippen LogP contribution in [0.15, 0.2) is 48.5 Å². The molecule has 2 amide bonds. The van der Waals surface area contributed by atoms with E-state index in [0.717, 1.165) is 11.3 Å². The topological polar surface area (TPSA) is 84.5 Å². The van der Waals surface area contributed by atoms with Gasteiger partial charge in [0.1, 0.15) is 5.75 Å². The van der Waals surface area contributed by atoms with Gasteiger partial charge in [0.2, 0.25) is 5.91 Å². The van der Waals surface area contributed by atoms with Crippen LogP contribution in [0.2, 0.25) is 0 Å². The Morgan fingerprint density at radius 1 is 0.893 bits per heavy atom. The Labute approximate surface area is 165 Å². The fourth-order valence-electron chi connectivity index (χ4n) is 2.56. The van der Waals surface area contributed by atoms with Crippen LogP contribution in [0.4, 0.5) is 5.69 Å². The summed E-state index contributed by atoms with van der Waals surface area (Å²) in [7, 11) is 0. The molecule has 0 radical (unpaired) electrons. The Bertz CT molecular complexity index is 813. The van der Waals surface area contributed by atoms with Crippen molar-refractivity contribution in [3.63, 3.8) is 0 Å². The molecule has 0 aliphatic rings. The van der Waals surface area contributed by atoms with E-state index in [1.165, 1.54) is 0 Å². The van der Waals surface area contributed by atoms with Gasteiger partial charge >= 0.3 is 0 Å². The summed E-state index contributed by atoms with van der Waals surface area (Å²) >= 11 is 0. The van der Waals surface area contributed by atoms with Crippen molar-refractivity contribution in [3.05, 3.63) is 59.7 Å². The minimum absolute atomic E-state index is 0.0432. The number of benzene rings is 2. The number of Topliss-reactive ketones (excluding diaryl/α,β-unsaturated/α-hetero) is 1. The minimum Gasteiger partial charge on any atom is -0.484 e. The average Bonchev–Trinajstić information content (AvgIpc) is 2.72. The first-order chi connectivity index (χ1) is 13.4. The standard InChI is InChI=1S/C22H26N2O4/c1-4-20(25)17-8-12-19(13-9-17)28-14-22(27)23-15(3)16-6-10-18(11-7-16)24-21(26)5-2/h6-13,15H,4-5,14H2,1-3H3,(H,23,27)(H,24,26). The molecule has 0 aromatic heterocycles. The molecule has 2 N–H and O–H groups in total. The molecule has 28 heavy (non-hydrogen) atoms. The largest absolute Gasteiger partial charge is 0.484 e. The SMILES string of the molecule is CCC(=O)Nc1ccc(C(C)NC(=O)COc2ccc(C(=O)CC)cc2)cc1. The van der Waals surface area contributed by atoms with E-state index in [4.69, 9.17) is 4.74 Å². The zero-order valence-corrected chi connectivity index (χ0v) is 16.5. The van der Waals surface area contributed by atoms with Crippen molar-refractivity contribution in [1.29, 1.82) is 0 Å². The van der Waals surface area contributed by atoms with Crippen LogP contribution < -0.4 is 15.4 Å². The molecule has 0 aliphatic carbocycles. The van der Waals surface area contributed by atoms with E-state index >= 15 is 0 Å². The third-order valence-corrected chi connectivity index (χ3v) is 4.26. The highest BCUT2D eigenvalue weighted by atomic mass is 16.5. The number of hydrogen-bond acceptors (Lipinski definition) is 4. The number of amides is 2. The maximum atomic E-state index is 12.1. The van der Waals surface area contributed by atoms with E-state index in [1.54, 1.807) is 43.3 Å². The van der Waals surface area contributed by atoms with Gasteiger partial charge < -0.3 is 15.4 Å². The zero-order chi connectivity index (χ0) is 20.5. The van der Waals surface area contributed by atoms with Crippen molar-refractivity contribution in [1.82, 2.24) is 5.32 Å². The van der Waals surface area contributed by atoms with Gasteiger partial charge in [-0.25, -0.2) is 0 Å². The predicted octanol–water partition coefficient (Wildman–Crippen LogP) is 3.88. The van der Waals surface area contributed by atoms with Crippen LogP contribution in [0.3, 0.4) is 0 Å². The molecule has 148 valence electrons. The van der Waals surface area contributed by atoms with E-state index in [9.17, 15) is 14.4 Å². The predicted molar refractivity (Wildman–Crippen MR) is 108 cm³/mol. The van der Waals surface area contributed by atoms with Crippen molar-refractivity contribution < 1.29 is 19.1 Å². The van der Waals surface area contributed by atoms with Crippen LogP contribution in [-0.2, 0) is 9.59 Å². The third-order valence-electron chi connectivity index (χ3n) is 4.26. The van der Waals surface area contributed by atoms with E-state index in [0.29, 0.717) is 24.2 Å². The molecule has 1 unspecified atom stereocenters. The summed E-state index contributed by atoms with van der Waals surface area (Å²) in [6, 6.07) is 13.9. The van der Waals surface area contributed by atoms with Crippen molar-refractivity contribution in [2.24, 2.45) is 0 Å². The number of carbonyl (C=O) groups is 3. The van der Waals surface area contributed by atoms with Crippen LogP contribution in [-0.4, -0.2) is 24.2 Å². The number of rotatable bonds is 9. The Balaban J connectivity index is 1.83. The molecule has 2 aromatic carbocycles. The molecule has 0 saturated carbocycles. The van der Waals surface area contributed by atoms with E-state index in [-0.39, 0.29) is 30.2 Å². The van der Waals surface area contributed by atoms with E-state index in [2.05, 4.69) is 10.6 Å². The van der Waals surface area contributed by atoms with Gasteiger partial charge in [-0.05, 0) is 48.9 Å². The van der Waals surface area contributed by atoms with Crippen molar-refractivity contribution in [2.45, 2.75) is 39.7 Å². The molecule has 6 heteroatoms. The molecule has 6 nitrogen and oxygen atoms in total. The number of anilines is 1. The summed E-state index contributed by atoms with van der Waals surface area (Å²) in [5, 5.41) is 5.66. The Morgan fingerprint density at radius 2 is 1.54 bits per heavy atom. The molecular formula is C22H26N2O4. The first-order valence-corrected chi connectivity index (χ1v) is 9.38. The average molecular weight is 382 g/mol. The van der Waals surface area contributed by atoms with Crippen LogP contribution in [0.5, 0.6) is 5.75 Å². The Morgan fingerprint density at radius 3 is 2.11 bits per heavy atom. The highest BCUT2D eigenvalue weighted by Crippen LogP contribution is 2.17. The van der Waals surface area contributed by atoms with Gasteiger partial charge in [-0.3, -0.25) is 14.4 Å². The lowest BCUT2D eigenvalue weighted by Crippen LogP contribution is -2.31. The molecule has 0 aliphatic heterocycles. The Hall–Kier alpha value is -3.15. The maximum absolute atomic E-state index is 12.1. The van der Waals surface area contributed by atoms with Crippen molar-refractivity contribution in [2.75, 3.05) is 11.9 Å². The number of nitrogens with one attached hydrogen (secondary N) is 2. The summed E-state index contributed by atoms with van der Waals surface area (Å²) < 4.78 is 5.48. The normalized spacial score (nSPS) is 11.4. The lowest BCUT2D eigenvalue weighted by Gasteiger charge is -2.15. The molecule has 0 heterocycles. The van der Waals surface area contributed by atoms with Gasteiger partial charge in [0, 0.05) is 24.1 Å². The van der Waals surface area contributed by atoms with Crippen LogP contribution in [0.25, 0.3) is 0 Å². The first-order valence-electron chi connectivity index (χ1n) is 9.38. The summed E-state index contributed by atoms with van der Waals surface area (Å²) in [6.07, 6.45) is 0.873. The van der Waals surface area contributed by atoms with Gasteiger partial charge in [0.15, 0.2) is 12.4 Å². The monoisotopic (exact) mass is 382 g/mol. The molecule has 1 atom stereocenters. The Kier molecular flexibility index (Phi) is 7.75. The lowest BCUT2D eigenvalue weighted by molar-refractivity contribution is -0.123. The van der Waals surface area contributed by atoms with Gasteiger partial charge in [0.05, 0.1) is 6.04 Å². The fourth-order valence-corrected chi connectivity index (χ4v) is 2.56. The first kappa shape index (κ1) is 21.2. The molecule has 0 bridgehead atoms. The number of hydrogen-bond donors (Lipinski definition) is 2. The van der Waals surface area contributed by atoms with Crippen molar-refractivity contribution >= 4 is 23.3 Å². The van der Waals surface area contributed by atoms with Crippen LogP contribution >= 0.6 is 0 Å². The minimum atomic E-state index is -0.246. The summed E-state index contributed by atoms with van der Waals surface area (Å²) in [6.45, 7) is 5.37. The molecule has 0 saturated heterocycles. The third kappa shape index (κ3) is 6.23. The second-order valence-corrected chi connectivity index (χ2v) is 6.40. The second-order valence-electron chi connectivity index (χ2n) is 6.40. The summed E-state index contributed by atoms with van der Waals surface area (Å²) in [5.74, 6) is 0.313. The highest BCUT2D eigenvalue weighted by Gasteiger charge is 2.11. The fraction of sp³-hybridized carbons (Fsp3) is 0.318. The summed E-state index contributed by atoms with van der Waals surface area (Å²) in [4.78, 5) is 35.1. The maximum Gasteiger partial charge on any atom is 0.258 e. The quantitative estimate of drug-likeness (QED) is 0.645. The van der Waals surface area contributed by atoms with Gasteiger partial charge in [-0.15, -0.1) is 0 Å². The van der Waals surface area contributed by atoms with Crippen molar-refractivity contribution in [3.8, 4) is 5.75 Å². The molecule has 2 rings (SSSR count). The van der Waals surface area contributed by atoms with Crippen LogP contribution in [0, 0.1) is 0 Å². The molecule has 0 fully saturated rings. The second kappa shape index (κ2) is 10.3. The van der Waals surface area contributed by atoms with Crippen LogP contribution in [0.1, 0.15) is 55.6 Å². The van der Waals surface area contributed by atoms with Gasteiger partial charge in [0.25, 0.3) is 5.91 Å². The van der Waals surface area contributed by atoms with Gasteiger partial charge in [-0.2, -0.15) is 0 Å². The lowest BCUT2D eigenvalue weighted by atomic mass is 10.1. The molecule has 2 aromatic rings. The van der Waals surface area contributed by atoms with Gasteiger partial charge in [-0.1, -0.05) is 26.0 Å².